The minimum absolute atomic E-state index is 0.0257. The summed E-state index contributed by atoms with van der Waals surface area (Å²) in [5.74, 6) is 0.313. The predicted molar refractivity (Wildman–Crippen MR) is 122 cm³/mol. The van der Waals surface area contributed by atoms with Crippen molar-refractivity contribution >= 4 is 23.1 Å². The van der Waals surface area contributed by atoms with Gasteiger partial charge in [-0.3, -0.25) is 4.79 Å². The Balaban J connectivity index is 1.55. The van der Waals surface area contributed by atoms with Crippen molar-refractivity contribution in [2.24, 2.45) is 11.8 Å². The van der Waals surface area contributed by atoms with Gasteiger partial charge in [-0.25, -0.2) is 4.79 Å². The van der Waals surface area contributed by atoms with Crippen molar-refractivity contribution in [1.82, 2.24) is 10.1 Å². The molecule has 2 aromatic heterocycles. The second-order valence-electron chi connectivity index (χ2n) is 10.5. The van der Waals surface area contributed by atoms with Crippen LogP contribution < -0.4 is 0 Å². The fraction of sp³-hybridized carbons (Fsp3) is 0.600. The average Bonchev–Trinajstić information content (AvgIpc) is 3.38. The van der Waals surface area contributed by atoms with E-state index in [4.69, 9.17) is 9.51 Å². The highest BCUT2D eigenvalue weighted by atomic mass is 32.1. The molecule has 6 nitrogen and oxygen atoms in total. The molecule has 2 heterocycles. The van der Waals surface area contributed by atoms with Crippen LogP contribution in [0.3, 0.4) is 0 Å². The number of hydrogen-bond acceptors (Lipinski definition) is 6. The first-order valence-electron chi connectivity index (χ1n) is 11.7. The lowest BCUT2D eigenvalue weighted by Crippen LogP contribution is -2.34. The number of carbonyl (C=O) groups is 2. The number of aryl methyl sites for hydroxylation is 1. The lowest BCUT2D eigenvalue weighted by Gasteiger charge is -2.38. The number of hydrogen-bond donors (Lipinski definition) is 1. The molecule has 1 saturated carbocycles. The molecule has 0 atom stereocenters. The highest BCUT2D eigenvalue weighted by Crippen LogP contribution is 2.47. The number of carbonyl (C=O) groups excluding carboxylic acids is 1. The number of allylic oxidation sites excluding steroid dienone is 1. The zero-order valence-electron chi connectivity index (χ0n) is 19.0. The van der Waals surface area contributed by atoms with Crippen LogP contribution in [0.25, 0.3) is 11.5 Å². The number of rotatable bonds is 5. The highest BCUT2D eigenvalue weighted by molar-refractivity contribution is 7.12. The number of aliphatic carboxylic acids is 1. The normalized spacial score (nSPS) is 22.8. The molecule has 2 aromatic rings. The minimum atomic E-state index is -0.917. The minimum Gasteiger partial charge on any atom is -0.478 e. The number of ketones is 1. The van der Waals surface area contributed by atoms with E-state index in [-0.39, 0.29) is 29.5 Å². The topological polar surface area (TPSA) is 93.3 Å². The summed E-state index contributed by atoms with van der Waals surface area (Å²) < 4.78 is 5.71. The Hall–Kier alpha value is -2.28. The molecule has 0 spiro atoms. The van der Waals surface area contributed by atoms with Gasteiger partial charge in [0.15, 0.2) is 11.6 Å². The van der Waals surface area contributed by atoms with Crippen LogP contribution in [0.2, 0.25) is 0 Å². The van der Waals surface area contributed by atoms with Crippen LogP contribution in [0.4, 0.5) is 0 Å². The summed E-state index contributed by atoms with van der Waals surface area (Å²) in [6.07, 6.45) is 8.07. The molecule has 6 rings (SSSR count). The van der Waals surface area contributed by atoms with Crippen LogP contribution in [0, 0.1) is 11.8 Å². The molecule has 1 N–H and O–H groups in total. The molecule has 1 fully saturated rings. The molecule has 0 radical (unpaired) electrons. The summed E-state index contributed by atoms with van der Waals surface area (Å²) in [6, 6.07) is 0. The van der Waals surface area contributed by atoms with Gasteiger partial charge in [-0.05, 0) is 68.8 Å². The number of carboxylic acid groups (broad SMARTS) is 1. The first kappa shape index (κ1) is 21.6. The third kappa shape index (κ3) is 3.64. The predicted octanol–water partition coefficient (Wildman–Crippen LogP) is 5.29. The molecule has 7 heteroatoms. The Morgan fingerprint density at radius 1 is 1.06 bits per heavy atom. The molecule has 0 amide bonds. The smallest absolute Gasteiger partial charge is 0.332 e. The third-order valence-electron chi connectivity index (χ3n) is 7.24. The number of thiophene rings is 1. The maximum absolute atomic E-state index is 13.6. The van der Waals surface area contributed by atoms with Crippen molar-refractivity contribution in [2.45, 2.75) is 84.0 Å². The van der Waals surface area contributed by atoms with E-state index >= 15 is 0 Å². The van der Waals surface area contributed by atoms with Gasteiger partial charge in [-0.2, -0.15) is 4.98 Å². The van der Waals surface area contributed by atoms with E-state index in [1.807, 2.05) is 20.8 Å². The summed E-state index contributed by atoms with van der Waals surface area (Å²) in [5, 5.41) is 14.1. The summed E-state index contributed by atoms with van der Waals surface area (Å²) in [4.78, 5) is 32.5. The Labute approximate surface area is 192 Å². The van der Waals surface area contributed by atoms with Gasteiger partial charge in [0.05, 0.1) is 5.56 Å². The molecule has 0 unspecified atom stereocenters. The van der Waals surface area contributed by atoms with E-state index in [0.29, 0.717) is 22.9 Å². The van der Waals surface area contributed by atoms with Crippen molar-refractivity contribution in [3.05, 3.63) is 32.3 Å². The summed E-state index contributed by atoms with van der Waals surface area (Å²) in [7, 11) is 0. The quantitative estimate of drug-likeness (QED) is 0.660. The molecular formula is C25H30N2O4S. The Bertz CT molecular complexity index is 1110. The summed E-state index contributed by atoms with van der Waals surface area (Å²) >= 11 is 1.68. The molecule has 32 heavy (non-hydrogen) atoms. The van der Waals surface area contributed by atoms with Crippen molar-refractivity contribution in [1.29, 1.82) is 0 Å². The molecule has 2 bridgehead atoms. The van der Waals surface area contributed by atoms with Gasteiger partial charge < -0.3 is 9.63 Å². The van der Waals surface area contributed by atoms with E-state index in [9.17, 15) is 14.7 Å². The Morgan fingerprint density at radius 3 is 2.34 bits per heavy atom. The zero-order chi connectivity index (χ0) is 22.6. The van der Waals surface area contributed by atoms with Gasteiger partial charge in [0.1, 0.15) is 0 Å². The summed E-state index contributed by atoms with van der Waals surface area (Å²) in [6.45, 7) is 6.15. The standard InChI is InChI=1S/C25H30N2O4S/c1-25(2,3)24-26-22(31-27-24)21-15-6-4-5-7-17(15)32-18(21)12-16(28)19-13-8-10-14(11-9-13)20(19)23(29)30/h13-14H,4-12H2,1-3H3,(H,29,30). The van der Waals surface area contributed by atoms with Gasteiger partial charge >= 0.3 is 5.97 Å². The van der Waals surface area contributed by atoms with Crippen LogP contribution >= 0.6 is 11.3 Å². The van der Waals surface area contributed by atoms with Crippen molar-refractivity contribution in [3.63, 3.8) is 0 Å². The van der Waals surface area contributed by atoms with Gasteiger partial charge in [0, 0.05) is 32.7 Å². The van der Waals surface area contributed by atoms with Crippen LogP contribution in [-0.4, -0.2) is 27.0 Å². The van der Waals surface area contributed by atoms with Crippen LogP contribution in [0.1, 0.15) is 80.4 Å². The van der Waals surface area contributed by atoms with Crippen LogP contribution in [0.15, 0.2) is 15.7 Å². The SMILES string of the molecule is CC(C)(C)c1noc(-c2c(CC(=O)C3=C(C(=O)O)C4CCC3CC4)sc3c2CCCC3)n1. The van der Waals surface area contributed by atoms with Gasteiger partial charge in [-0.15, -0.1) is 11.3 Å². The summed E-state index contributed by atoms with van der Waals surface area (Å²) in [5.41, 5.74) is 2.91. The van der Waals surface area contributed by atoms with Gasteiger partial charge in [0.25, 0.3) is 5.89 Å². The maximum atomic E-state index is 13.6. The molecule has 0 aliphatic heterocycles. The first-order valence-corrected chi connectivity index (χ1v) is 12.5. The number of fused-ring (bicyclic) bond motifs is 3. The van der Waals surface area contributed by atoms with Crippen molar-refractivity contribution in [3.8, 4) is 11.5 Å². The number of carboxylic acids is 1. The van der Waals surface area contributed by atoms with E-state index in [1.54, 1.807) is 11.3 Å². The van der Waals surface area contributed by atoms with E-state index in [0.717, 1.165) is 61.8 Å². The second kappa shape index (κ2) is 7.94. The number of Topliss-reactive ketones (excluding diaryl/α,β-unsaturated/α-hetero) is 1. The van der Waals surface area contributed by atoms with E-state index in [2.05, 4.69) is 5.16 Å². The van der Waals surface area contributed by atoms with Crippen molar-refractivity contribution in [2.75, 3.05) is 0 Å². The maximum Gasteiger partial charge on any atom is 0.332 e. The lowest BCUT2D eigenvalue weighted by molar-refractivity contribution is -0.134. The van der Waals surface area contributed by atoms with Crippen molar-refractivity contribution < 1.29 is 19.2 Å². The average molecular weight is 455 g/mol. The highest BCUT2D eigenvalue weighted by Gasteiger charge is 2.41. The molecule has 0 aromatic carbocycles. The van der Waals surface area contributed by atoms with Crippen LogP contribution in [0.5, 0.6) is 0 Å². The first-order chi connectivity index (χ1) is 15.2. The van der Waals surface area contributed by atoms with E-state index in [1.165, 1.54) is 10.4 Å². The van der Waals surface area contributed by atoms with Crippen LogP contribution in [-0.2, 0) is 34.3 Å². The molecule has 4 aliphatic rings. The Morgan fingerprint density at radius 2 is 1.72 bits per heavy atom. The fourth-order valence-corrected chi connectivity index (χ4v) is 7.03. The van der Waals surface area contributed by atoms with E-state index < -0.39 is 5.97 Å². The second-order valence-corrected chi connectivity index (χ2v) is 11.7. The molecule has 4 aliphatic carbocycles. The molecule has 170 valence electrons. The molecule has 0 saturated heterocycles. The monoisotopic (exact) mass is 454 g/mol. The Kier molecular flexibility index (Phi) is 5.35. The van der Waals surface area contributed by atoms with Gasteiger partial charge in [-0.1, -0.05) is 25.9 Å². The number of aromatic nitrogens is 2. The number of nitrogens with zero attached hydrogens (tertiary/aromatic N) is 2. The van der Waals surface area contributed by atoms with Gasteiger partial charge in [0.2, 0.25) is 0 Å². The molecular weight excluding hydrogens is 424 g/mol. The lowest BCUT2D eigenvalue weighted by atomic mass is 9.65. The fourth-order valence-electron chi connectivity index (χ4n) is 5.64. The third-order valence-corrected chi connectivity index (χ3v) is 8.53. The largest absolute Gasteiger partial charge is 0.478 e. The zero-order valence-corrected chi connectivity index (χ0v) is 19.8.